The number of aromatic nitrogens is 1. The van der Waals surface area contributed by atoms with Gasteiger partial charge in [-0.15, -0.1) is 0 Å². The van der Waals surface area contributed by atoms with E-state index in [0.29, 0.717) is 0 Å². The van der Waals surface area contributed by atoms with Crippen molar-refractivity contribution in [2.75, 3.05) is 32.1 Å². The molecule has 5 heteroatoms. The first-order valence-corrected chi connectivity index (χ1v) is 11.1. The molecule has 0 aromatic carbocycles. The minimum absolute atomic E-state index is 0.181. The normalized spacial score (nSPS) is 23.1. The highest BCUT2D eigenvalue weighted by Crippen LogP contribution is 2.38. The summed E-state index contributed by atoms with van der Waals surface area (Å²) in [6, 6.07) is 0. The van der Waals surface area contributed by atoms with E-state index < -0.39 is 0 Å². The van der Waals surface area contributed by atoms with E-state index in [1.165, 1.54) is 40.7 Å². The highest BCUT2D eigenvalue weighted by atomic mass is 16.5. The van der Waals surface area contributed by atoms with Crippen molar-refractivity contribution >= 4 is 23.3 Å². The number of allylic oxidation sites excluding steroid dienone is 5. The van der Waals surface area contributed by atoms with Crippen molar-refractivity contribution in [2.45, 2.75) is 32.1 Å². The molecule has 3 heterocycles. The number of amidine groups is 1. The van der Waals surface area contributed by atoms with Crippen LogP contribution in [0.1, 0.15) is 43.2 Å². The molecule has 1 aromatic heterocycles. The van der Waals surface area contributed by atoms with Crippen LogP contribution in [0.25, 0.3) is 11.6 Å². The van der Waals surface area contributed by atoms with Crippen molar-refractivity contribution in [3.05, 3.63) is 64.6 Å². The van der Waals surface area contributed by atoms with E-state index in [1.807, 2.05) is 0 Å². The Hall–Kier alpha value is -2.95. The molecule has 2 aliphatic heterocycles. The van der Waals surface area contributed by atoms with Crippen molar-refractivity contribution in [1.82, 2.24) is 9.88 Å². The number of fused-ring (bicyclic) bond motifs is 1. The van der Waals surface area contributed by atoms with E-state index in [2.05, 4.69) is 57.9 Å². The molecule has 156 valence electrons. The van der Waals surface area contributed by atoms with Gasteiger partial charge in [0, 0.05) is 48.4 Å². The van der Waals surface area contributed by atoms with Crippen molar-refractivity contribution in [3.8, 4) is 0 Å². The summed E-state index contributed by atoms with van der Waals surface area (Å²) in [5.41, 5.74) is 6.21. The predicted molar refractivity (Wildman–Crippen MR) is 123 cm³/mol. The molecule has 1 fully saturated rings. The molecule has 2 aliphatic carbocycles. The number of H-pyrrole nitrogens is 1. The molecule has 1 saturated heterocycles. The number of methoxy groups -OCH3 is 1. The first-order valence-electron chi connectivity index (χ1n) is 11.1. The number of hydrogen-bond acceptors (Lipinski definition) is 3. The Labute approximate surface area is 178 Å². The molecule has 0 spiro atoms. The number of ether oxygens (including phenoxy) is 1. The Kier molecular flexibility index (Phi) is 5.11. The lowest BCUT2D eigenvalue weighted by Crippen LogP contribution is -2.33. The van der Waals surface area contributed by atoms with Gasteiger partial charge in [-0.1, -0.05) is 24.3 Å². The summed E-state index contributed by atoms with van der Waals surface area (Å²) >= 11 is 0. The van der Waals surface area contributed by atoms with E-state index in [4.69, 9.17) is 10.1 Å². The SMILES string of the molecule is COC1=CCCC=C1c1c[nH]c2c1C=C(C1=CC=CC(C(=N)N3CCCC3)C1)CN2. The molecular weight excluding hydrogens is 372 g/mol. The topological polar surface area (TPSA) is 64.1 Å². The second kappa shape index (κ2) is 8.05. The lowest BCUT2D eigenvalue weighted by Gasteiger charge is -2.28. The van der Waals surface area contributed by atoms with E-state index in [-0.39, 0.29) is 5.92 Å². The second-order valence-electron chi connectivity index (χ2n) is 8.45. The zero-order valence-electron chi connectivity index (χ0n) is 17.6. The van der Waals surface area contributed by atoms with Crippen molar-refractivity contribution in [3.63, 3.8) is 0 Å². The van der Waals surface area contributed by atoms with Crippen LogP contribution in [0, 0.1) is 11.3 Å². The molecule has 30 heavy (non-hydrogen) atoms. The number of nitrogens with one attached hydrogen (secondary N) is 3. The van der Waals surface area contributed by atoms with Gasteiger partial charge in [-0.25, -0.2) is 0 Å². The lowest BCUT2D eigenvalue weighted by atomic mass is 9.86. The molecule has 1 unspecified atom stereocenters. The van der Waals surface area contributed by atoms with Crippen molar-refractivity contribution in [1.29, 1.82) is 5.41 Å². The van der Waals surface area contributed by atoms with Gasteiger partial charge in [0.15, 0.2) is 0 Å². The molecule has 5 rings (SSSR count). The molecule has 0 saturated carbocycles. The average Bonchev–Trinajstić information content (AvgIpc) is 3.48. The molecule has 3 N–H and O–H groups in total. The number of rotatable bonds is 4. The van der Waals surface area contributed by atoms with Gasteiger partial charge in [0.1, 0.15) is 17.4 Å². The quantitative estimate of drug-likeness (QED) is 0.485. The Bertz CT molecular complexity index is 998. The van der Waals surface area contributed by atoms with E-state index in [9.17, 15) is 0 Å². The zero-order chi connectivity index (χ0) is 20.5. The largest absolute Gasteiger partial charge is 0.496 e. The van der Waals surface area contributed by atoms with Crippen molar-refractivity contribution in [2.24, 2.45) is 5.92 Å². The number of hydrogen-bond donors (Lipinski definition) is 3. The number of likely N-dealkylation sites (tertiary alicyclic amines) is 1. The van der Waals surface area contributed by atoms with Gasteiger partial charge in [-0.3, -0.25) is 5.41 Å². The summed E-state index contributed by atoms with van der Waals surface area (Å²) in [5.74, 6) is 3.00. The standard InChI is InChI=1S/C25H30N4O/c1-30-23-10-3-2-9-20(23)22-16-28-25-21(22)14-19(15-27-25)17-7-6-8-18(13-17)24(26)29-11-4-5-12-29/h6-10,14,16,18,26-28H,2-5,11-13,15H2,1H3. The maximum Gasteiger partial charge on any atom is 0.122 e. The zero-order valence-corrected chi connectivity index (χ0v) is 17.6. The Morgan fingerprint density at radius 3 is 2.83 bits per heavy atom. The van der Waals surface area contributed by atoms with E-state index in [1.54, 1.807) is 7.11 Å². The summed E-state index contributed by atoms with van der Waals surface area (Å²) < 4.78 is 5.64. The van der Waals surface area contributed by atoms with Gasteiger partial charge in [-0.2, -0.15) is 0 Å². The second-order valence-corrected chi connectivity index (χ2v) is 8.45. The fraction of sp³-hybridized carbons (Fsp3) is 0.400. The van der Waals surface area contributed by atoms with Crippen LogP contribution in [0.3, 0.4) is 0 Å². The lowest BCUT2D eigenvalue weighted by molar-refractivity contribution is 0.308. The summed E-state index contributed by atoms with van der Waals surface area (Å²) in [6.07, 6.45) is 20.8. The van der Waals surface area contributed by atoms with Gasteiger partial charge in [-0.05, 0) is 55.4 Å². The van der Waals surface area contributed by atoms with Crippen LogP contribution >= 0.6 is 0 Å². The third-order valence-corrected chi connectivity index (χ3v) is 6.61. The van der Waals surface area contributed by atoms with Crippen LogP contribution in [0.15, 0.2) is 53.5 Å². The first kappa shape index (κ1) is 19.0. The monoisotopic (exact) mass is 402 g/mol. The minimum Gasteiger partial charge on any atom is -0.496 e. The van der Waals surface area contributed by atoms with Crippen LogP contribution in [0.5, 0.6) is 0 Å². The van der Waals surface area contributed by atoms with Crippen LogP contribution in [0.4, 0.5) is 5.82 Å². The highest BCUT2D eigenvalue weighted by molar-refractivity contribution is 5.89. The Balaban J connectivity index is 1.40. The molecule has 0 amide bonds. The molecule has 1 aromatic rings. The van der Waals surface area contributed by atoms with Crippen LogP contribution < -0.4 is 5.32 Å². The van der Waals surface area contributed by atoms with Gasteiger partial charge in [0.2, 0.25) is 0 Å². The average molecular weight is 403 g/mol. The van der Waals surface area contributed by atoms with Gasteiger partial charge < -0.3 is 19.9 Å². The number of anilines is 1. The van der Waals surface area contributed by atoms with Gasteiger partial charge in [0.25, 0.3) is 0 Å². The molecule has 5 nitrogen and oxygen atoms in total. The predicted octanol–water partition coefficient (Wildman–Crippen LogP) is 5.11. The molecule has 0 bridgehead atoms. The molecule has 4 aliphatic rings. The fourth-order valence-electron chi connectivity index (χ4n) is 4.95. The van der Waals surface area contributed by atoms with Gasteiger partial charge >= 0.3 is 0 Å². The van der Waals surface area contributed by atoms with Gasteiger partial charge in [0.05, 0.1) is 7.11 Å². The third-order valence-electron chi connectivity index (χ3n) is 6.61. The highest BCUT2D eigenvalue weighted by Gasteiger charge is 2.26. The molecule has 0 radical (unpaired) electrons. The van der Waals surface area contributed by atoms with E-state index in [0.717, 1.165) is 56.3 Å². The van der Waals surface area contributed by atoms with E-state index >= 15 is 0 Å². The summed E-state index contributed by atoms with van der Waals surface area (Å²) in [4.78, 5) is 5.65. The smallest absolute Gasteiger partial charge is 0.122 e. The maximum atomic E-state index is 8.67. The van der Waals surface area contributed by atoms with Crippen LogP contribution in [0.2, 0.25) is 0 Å². The summed E-state index contributed by atoms with van der Waals surface area (Å²) in [6.45, 7) is 2.88. The number of aromatic amines is 1. The summed E-state index contributed by atoms with van der Waals surface area (Å²) in [5, 5.41) is 12.2. The number of nitrogens with zero attached hydrogens (tertiary/aromatic N) is 1. The Morgan fingerprint density at radius 2 is 2.00 bits per heavy atom. The third kappa shape index (κ3) is 3.42. The maximum absolute atomic E-state index is 8.67. The van der Waals surface area contributed by atoms with Crippen LogP contribution in [-0.4, -0.2) is 42.5 Å². The summed E-state index contributed by atoms with van der Waals surface area (Å²) in [7, 11) is 1.75. The Morgan fingerprint density at radius 1 is 1.17 bits per heavy atom. The van der Waals surface area contributed by atoms with Crippen LogP contribution in [-0.2, 0) is 4.74 Å². The molecule has 1 atom stereocenters. The fourth-order valence-corrected chi connectivity index (χ4v) is 4.95. The van der Waals surface area contributed by atoms with Crippen molar-refractivity contribution < 1.29 is 4.74 Å². The first-order chi connectivity index (χ1) is 14.7. The minimum atomic E-state index is 0.181. The molecular formula is C25H30N4O.